The van der Waals surface area contributed by atoms with Gasteiger partial charge in [-0.25, -0.2) is 56.7 Å². The predicted octanol–water partition coefficient (Wildman–Crippen LogP) is 12.5. The number of nitrogens with zero attached hydrogens (tertiary/aromatic N) is 12. The third kappa shape index (κ3) is 36.9. The molecule has 1 aliphatic carbocycles. The summed E-state index contributed by atoms with van der Waals surface area (Å²) in [5.74, 6) is -1.86. The highest BCUT2D eigenvalue weighted by Crippen LogP contribution is 2.52. The van der Waals surface area contributed by atoms with Crippen molar-refractivity contribution in [3.8, 4) is 5.75 Å². The largest absolute Gasteiger partial charge is 0.515 e. The SMILES string of the molecule is CC(C)COC(=O)OCOP(=O)(COCCn1cnc2c(=O)[nH]c(N)nc21)OCc1cccc(F)c1.CC(C)OC(=O)OCOP(=O)(COCCn1cnc2c(=O)[nH]c(N)nc21)OCc1cccc(F)c1.Nc1nc2c(ncn2CCOCP(=O)(OCOC(=O)OC2CCCC2)OCc2cccc(F)c2)c(=O)[nH]1.Nc1nc2c(ncn2CCOCP(=O)(OCOC(=O)Oc2ccccc2)OCc2cccc(F)c2)c(=O)[nH]1. The fourth-order valence-corrected chi connectivity index (χ4v) is 17.0. The van der Waals surface area contributed by atoms with E-state index >= 15 is 0 Å². The van der Waals surface area contributed by atoms with Crippen LogP contribution in [0, 0.1) is 29.2 Å². The van der Waals surface area contributed by atoms with Crippen LogP contribution in [0.5, 0.6) is 5.75 Å². The lowest BCUT2D eigenvalue weighted by Gasteiger charge is -2.19. The van der Waals surface area contributed by atoms with E-state index < -0.39 is 159 Å². The van der Waals surface area contributed by atoms with E-state index in [1.807, 2.05) is 13.8 Å². The number of imidazole rings is 4. The topological polar surface area (TPSA) is 680 Å². The number of benzene rings is 5. The van der Waals surface area contributed by atoms with Crippen LogP contribution in [0.3, 0.4) is 0 Å². The number of rotatable bonds is 49. The third-order valence-electron chi connectivity index (χ3n) is 19.2. The van der Waals surface area contributed by atoms with E-state index in [1.165, 1.54) is 112 Å². The minimum atomic E-state index is -4.00. The molecule has 0 spiro atoms. The van der Waals surface area contributed by atoms with Gasteiger partial charge in [-0.15, -0.1) is 0 Å². The van der Waals surface area contributed by atoms with E-state index in [-0.39, 0.29) is 172 Å². The normalized spacial score (nSPS) is 13.7. The number of aromatic nitrogens is 16. The Morgan fingerprint density at radius 3 is 0.973 bits per heavy atom. The van der Waals surface area contributed by atoms with Crippen LogP contribution in [0.1, 0.15) is 75.6 Å². The second kappa shape index (κ2) is 55.3. The molecule has 0 aliphatic heterocycles. The molecule has 1 fully saturated rings. The highest BCUT2D eigenvalue weighted by atomic mass is 31.2. The molecule has 1 aliphatic rings. The lowest BCUT2D eigenvalue weighted by atomic mass is 10.2. The summed E-state index contributed by atoms with van der Waals surface area (Å²) in [5.41, 5.74) is 23.5. The summed E-state index contributed by atoms with van der Waals surface area (Å²) < 4.78 is 216. The first-order valence-electron chi connectivity index (χ1n) is 43.9. The van der Waals surface area contributed by atoms with Gasteiger partial charge in [-0.2, -0.15) is 19.9 Å². The summed E-state index contributed by atoms with van der Waals surface area (Å²) in [6.45, 7) is 4.04. The van der Waals surface area contributed by atoms with E-state index in [9.17, 15) is 74.2 Å². The maximum Gasteiger partial charge on any atom is 0.515 e. The molecular weight excluding hydrogens is 2020 g/mol. The molecule has 0 radical (unpaired) electrons. The summed E-state index contributed by atoms with van der Waals surface area (Å²) in [6, 6.07) is 30.3. The zero-order valence-electron chi connectivity index (χ0n) is 78.4. The first-order chi connectivity index (χ1) is 69.9. The number of nitrogen functional groups attached to an aromatic ring is 4. The second-order valence-corrected chi connectivity index (χ2v) is 39.3. The van der Waals surface area contributed by atoms with Crippen molar-refractivity contribution in [2.75, 3.05) is 109 Å². The quantitative estimate of drug-likeness (QED) is 0.00334. The van der Waals surface area contributed by atoms with Crippen LogP contribution in [-0.2, 0) is 159 Å². The van der Waals surface area contributed by atoms with Crippen molar-refractivity contribution >= 4 is 123 Å². The van der Waals surface area contributed by atoms with E-state index in [1.54, 1.807) is 73.0 Å². The van der Waals surface area contributed by atoms with Crippen molar-refractivity contribution in [2.45, 2.75) is 118 Å². The number of halogens is 4. The van der Waals surface area contributed by atoms with Crippen LogP contribution in [-0.4, -0.2) is 201 Å². The lowest BCUT2D eigenvalue weighted by Crippen LogP contribution is -2.17. The molecule has 12 N–H and O–H groups in total. The van der Waals surface area contributed by atoms with Gasteiger partial charge in [0, 0.05) is 26.2 Å². The van der Waals surface area contributed by atoms with Gasteiger partial charge in [-0.3, -0.25) is 75.5 Å². The number of carbonyl (C=O) groups is 4. The van der Waals surface area contributed by atoms with Gasteiger partial charge in [0.2, 0.25) is 51.0 Å². The Hall–Kier alpha value is -14.1. The van der Waals surface area contributed by atoms with Gasteiger partial charge in [0.25, 0.3) is 22.2 Å². The number of H-pyrrole nitrogens is 4. The number of nitrogens with two attached hydrogens (primary N) is 4. The maximum atomic E-state index is 13.5. The van der Waals surface area contributed by atoms with Gasteiger partial charge in [-0.1, -0.05) is 80.6 Å². The number of para-hydroxylation sites is 1. The van der Waals surface area contributed by atoms with Crippen LogP contribution in [0.25, 0.3) is 44.7 Å². The molecule has 52 nitrogen and oxygen atoms in total. The zero-order chi connectivity index (χ0) is 105. The number of nitrogens with one attached hydrogen (secondary N) is 4. The van der Waals surface area contributed by atoms with Crippen molar-refractivity contribution in [1.29, 1.82) is 0 Å². The minimum absolute atomic E-state index is 0.00652. The number of hydrogen-bond donors (Lipinski definition) is 8. The van der Waals surface area contributed by atoms with E-state index in [4.69, 9.17) is 116 Å². The van der Waals surface area contributed by atoms with Crippen LogP contribution >= 0.6 is 30.4 Å². The Labute approximate surface area is 824 Å². The highest BCUT2D eigenvalue weighted by molar-refractivity contribution is 7.54. The Morgan fingerprint density at radius 1 is 0.384 bits per heavy atom. The fourth-order valence-electron chi connectivity index (χ4n) is 12.5. The molecule has 5 aromatic carbocycles. The Kier molecular flexibility index (Phi) is 42.5. The molecule has 786 valence electrons. The lowest BCUT2D eigenvalue weighted by molar-refractivity contribution is -0.0215. The molecule has 0 amide bonds. The average molecular weight is 2130 g/mol. The fraction of sp³-hybridized carbons (Fsp3) is 0.372. The highest BCUT2D eigenvalue weighted by Gasteiger charge is 2.33. The smallest absolute Gasteiger partial charge is 0.434 e. The minimum Gasteiger partial charge on any atom is -0.434 e. The number of anilines is 4. The molecule has 14 rings (SSSR count). The van der Waals surface area contributed by atoms with Crippen LogP contribution in [0.15, 0.2) is 172 Å². The van der Waals surface area contributed by atoms with E-state index in [2.05, 4.69) is 59.8 Å². The summed E-state index contributed by atoms with van der Waals surface area (Å²) in [6.07, 6.45) is 2.39. The molecule has 0 bridgehead atoms. The molecule has 1 saturated carbocycles. The average Bonchev–Trinajstić information content (AvgIpc) is 1.67. The van der Waals surface area contributed by atoms with Crippen LogP contribution < -0.4 is 49.9 Å². The third-order valence-corrected chi connectivity index (χ3v) is 25.3. The Balaban J connectivity index is 0.000000185. The van der Waals surface area contributed by atoms with Gasteiger partial charge < -0.3 is 116 Å². The second-order valence-electron chi connectivity index (χ2n) is 31.3. The van der Waals surface area contributed by atoms with Gasteiger partial charge in [-0.05, 0) is 128 Å². The maximum absolute atomic E-state index is 13.5. The monoisotopic (exact) mass is 2130 g/mol. The molecule has 4 atom stereocenters. The molecule has 0 saturated heterocycles. The molecule has 4 unspecified atom stereocenters. The summed E-state index contributed by atoms with van der Waals surface area (Å²) >= 11 is 0. The Bertz CT molecular complexity index is 7000. The summed E-state index contributed by atoms with van der Waals surface area (Å²) in [5, 5.41) is 0. The number of carbonyl (C=O) groups excluding carboxylic acids is 4. The first-order valence-corrected chi connectivity index (χ1v) is 50.8. The molecule has 13 aromatic rings. The zero-order valence-corrected chi connectivity index (χ0v) is 82.0. The summed E-state index contributed by atoms with van der Waals surface area (Å²) in [4.78, 5) is 136. The number of hydrogen-bond acceptors (Lipinski definition) is 44. The first kappa shape index (κ1) is 112. The van der Waals surface area contributed by atoms with Crippen molar-refractivity contribution in [3.05, 3.63) is 240 Å². The van der Waals surface area contributed by atoms with Crippen molar-refractivity contribution in [3.63, 3.8) is 0 Å². The standard InChI is InChI=1S/C23H23FN5O8P.C22H27FN5O8P.C21H27FN5O8P.C20H25FN5O8P/c24-17-6-4-5-16(11-17)12-35-38(32,36-14-34-23(31)37-18-7-2-1-3-8-18)15-33-10-9-29-13-26-19-20(29)27-22(25)28-21(19)30;23-16-5-3-4-15(10-16)11-34-37(31,35-13-33-22(30)36-17-6-1-2-7-17)14-32-9-8-28-12-25-18-19(28)26-21(24)27-20(18)29;1-14(2)9-32-21(29)33-12-35-36(30,34-10-15-4-3-5-16(22)8-15)13-31-7-6-27-11-24-17-18(27)25-20(23)26-19(17)28;1-13(2)34-20(28)31-11-33-35(29,32-9-14-4-3-5-15(21)8-14)12-30-7-6-26-10-23-16-17(26)24-19(22)25-18(16)27/h1-8,11,13H,9-10,12,14-15H2,(H3,25,27,28,30);3-5,10,12,17H,1-2,6-9,11,13-14H2,(H3,24,26,27,29);3-5,8,11,14H,6-7,9-10,12-13H2,1-2H3,(H3,23,25,26,28);3-5,8,10,13H,6-7,9,11-12H2,1-2H3,(H3,22,24,25,27). The van der Waals surface area contributed by atoms with Gasteiger partial charge >= 0.3 is 55.0 Å². The van der Waals surface area contributed by atoms with Crippen LogP contribution in [0.2, 0.25) is 0 Å². The molecular formula is C86H102F4N20O32P4. The summed E-state index contributed by atoms with van der Waals surface area (Å²) in [7, 11) is -15.9. The number of aromatic amines is 4. The molecule has 146 heavy (non-hydrogen) atoms. The molecule has 8 heterocycles. The van der Waals surface area contributed by atoms with Gasteiger partial charge in [0.15, 0.2) is 44.7 Å². The molecule has 60 heteroatoms. The van der Waals surface area contributed by atoms with Gasteiger partial charge in [0.05, 0.1) is 90.9 Å². The van der Waals surface area contributed by atoms with Crippen molar-refractivity contribution < 1.29 is 148 Å². The number of ether oxygens (including phenoxy) is 12. The van der Waals surface area contributed by atoms with Crippen molar-refractivity contribution in [2.24, 2.45) is 5.92 Å². The van der Waals surface area contributed by atoms with Crippen LogP contribution in [0.4, 0.5) is 60.5 Å². The number of fused-ring (bicyclic) bond motifs is 4. The van der Waals surface area contributed by atoms with Crippen molar-refractivity contribution in [1.82, 2.24) is 78.1 Å². The molecule has 8 aromatic heterocycles. The van der Waals surface area contributed by atoms with E-state index in [0.717, 1.165) is 25.7 Å². The Morgan fingerprint density at radius 2 is 0.678 bits per heavy atom. The van der Waals surface area contributed by atoms with Gasteiger partial charge in [0.1, 0.15) is 60.5 Å². The predicted molar refractivity (Wildman–Crippen MR) is 506 cm³/mol. The van der Waals surface area contributed by atoms with E-state index in [0.29, 0.717) is 22.3 Å².